The molecule has 1 atom stereocenters. The number of carbonyl (C=O) groups excluding carboxylic acids is 2. The smallest absolute Gasteiger partial charge is 0.195 e. The average molecular weight is 685 g/mol. The summed E-state index contributed by atoms with van der Waals surface area (Å²) in [7, 11) is 0. The second kappa shape index (κ2) is 11.6. The molecule has 256 valence electrons. The van der Waals surface area contributed by atoms with E-state index in [0.717, 1.165) is 73.9 Å². The second-order valence-electron chi connectivity index (χ2n) is 14.6. The van der Waals surface area contributed by atoms with E-state index < -0.39 is 11.0 Å². The van der Waals surface area contributed by atoms with E-state index in [0.29, 0.717) is 34.6 Å². The van der Waals surface area contributed by atoms with Crippen LogP contribution >= 0.6 is 0 Å². The first-order valence-electron chi connectivity index (χ1n) is 18.0. The van der Waals surface area contributed by atoms with Gasteiger partial charge in [-0.25, -0.2) is 4.39 Å². The van der Waals surface area contributed by atoms with Gasteiger partial charge in [0.2, 0.25) is 0 Å². The number of carbonyl (C=O) groups is 2. The molecule has 5 heteroatoms. The van der Waals surface area contributed by atoms with Gasteiger partial charge in [-0.15, -0.1) is 0 Å². The van der Waals surface area contributed by atoms with E-state index in [9.17, 15) is 14.0 Å². The quantitative estimate of drug-likeness (QED) is 0.164. The number of fused-ring (bicyclic) bond motifs is 11. The van der Waals surface area contributed by atoms with Crippen LogP contribution in [0.5, 0.6) is 11.5 Å². The first kappa shape index (κ1) is 32.1. The topological polar surface area (TPSA) is 52.6 Å². The lowest BCUT2D eigenvalue weighted by Crippen LogP contribution is -2.35. The van der Waals surface area contributed by atoms with Crippen molar-refractivity contribution in [3.05, 3.63) is 171 Å². The molecule has 0 amide bonds. The summed E-state index contributed by atoms with van der Waals surface area (Å²) >= 11 is 0. The standard InChI is InChI=1S/C47H37FO4/c1-5-6-25-51-31-21-17-29(18-22-31)47(28-15-19-30(48)20-16-28)24-23-36-42-39(32-11-7-10-14-35(32)45(36)52-47)40-37(46(42,3)4)26-27(2)38-41(40)44(50)34-13-9-8-12-33(34)43(38)49/h7-24,26H,5-6,25H2,1-4H3. The Balaban J connectivity index is 1.30. The summed E-state index contributed by atoms with van der Waals surface area (Å²) in [6.45, 7) is 9.10. The molecule has 0 spiro atoms. The molecule has 0 N–H and O–H groups in total. The van der Waals surface area contributed by atoms with Crippen molar-refractivity contribution in [2.24, 2.45) is 0 Å². The summed E-state index contributed by atoms with van der Waals surface area (Å²) in [5.74, 6) is 0.927. The fraction of sp³-hybridized carbons (Fsp3) is 0.191. The molecule has 4 nitrogen and oxygen atoms in total. The highest BCUT2D eigenvalue weighted by molar-refractivity contribution is 6.32. The van der Waals surface area contributed by atoms with Gasteiger partial charge in [-0.05, 0) is 76.9 Å². The van der Waals surface area contributed by atoms with Gasteiger partial charge in [0.25, 0.3) is 0 Å². The number of hydrogen-bond donors (Lipinski definition) is 0. The summed E-state index contributed by atoms with van der Waals surface area (Å²) in [6, 6.07) is 31.8. The Labute approximate surface area is 302 Å². The normalized spacial score (nSPS) is 17.6. The van der Waals surface area contributed by atoms with Crippen molar-refractivity contribution in [1.29, 1.82) is 0 Å². The Bertz CT molecular complexity index is 2520. The third-order valence-corrected chi connectivity index (χ3v) is 11.2. The van der Waals surface area contributed by atoms with Gasteiger partial charge in [-0.1, -0.05) is 112 Å². The summed E-state index contributed by atoms with van der Waals surface area (Å²) in [5, 5.41) is 1.83. The molecule has 0 saturated carbocycles. The largest absolute Gasteiger partial charge is 0.494 e. The lowest BCUT2D eigenvalue weighted by Gasteiger charge is -2.38. The van der Waals surface area contributed by atoms with E-state index in [-0.39, 0.29) is 17.4 Å². The van der Waals surface area contributed by atoms with Crippen LogP contribution in [0.2, 0.25) is 0 Å². The summed E-state index contributed by atoms with van der Waals surface area (Å²) in [5.41, 5.74) is 7.48. The van der Waals surface area contributed by atoms with E-state index in [2.05, 4.69) is 51.1 Å². The Morgan fingerprint density at radius 1 is 0.731 bits per heavy atom. The van der Waals surface area contributed by atoms with Gasteiger partial charge >= 0.3 is 0 Å². The third kappa shape index (κ3) is 4.44. The van der Waals surface area contributed by atoms with E-state index >= 15 is 0 Å². The van der Waals surface area contributed by atoms with Crippen molar-refractivity contribution in [1.82, 2.24) is 0 Å². The highest BCUT2D eigenvalue weighted by Crippen LogP contribution is 2.60. The van der Waals surface area contributed by atoms with Crippen molar-refractivity contribution >= 4 is 28.4 Å². The van der Waals surface area contributed by atoms with Crippen LogP contribution in [-0.4, -0.2) is 18.2 Å². The molecule has 52 heavy (non-hydrogen) atoms. The lowest BCUT2D eigenvalue weighted by atomic mass is 9.75. The molecule has 9 rings (SSSR count). The van der Waals surface area contributed by atoms with E-state index in [4.69, 9.17) is 9.47 Å². The van der Waals surface area contributed by atoms with Crippen molar-refractivity contribution in [2.75, 3.05) is 6.61 Å². The fourth-order valence-electron chi connectivity index (χ4n) is 8.68. The molecule has 1 heterocycles. The van der Waals surface area contributed by atoms with E-state index in [1.807, 2.05) is 55.5 Å². The highest BCUT2D eigenvalue weighted by Gasteiger charge is 2.47. The average Bonchev–Trinajstić information content (AvgIpc) is 3.40. The zero-order chi connectivity index (χ0) is 35.9. The molecule has 6 aromatic carbocycles. The molecule has 1 unspecified atom stereocenters. The Kier molecular flexibility index (Phi) is 7.17. The maximum Gasteiger partial charge on any atom is 0.195 e. The van der Waals surface area contributed by atoms with Gasteiger partial charge in [0.05, 0.1) is 6.61 Å². The Morgan fingerprint density at radius 2 is 1.35 bits per heavy atom. The fourth-order valence-corrected chi connectivity index (χ4v) is 8.68. The van der Waals surface area contributed by atoms with Crippen LogP contribution in [0.15, 0.2) is 109 Å². The van der Waals surface area contributed by atoms with E-state index in [1.165, 1.54) is 12.1 Å². The number of unbranched alkanes of at least 4 members (excludes halogenated alkanes) is 1. The number of hydrogen-bond acceptors (Lipinski definition) is 4. The minimum atomic E-state index is -1.07. The maximum atomic E-state index is 14.5. The first-order valence-corrected chi connectivity index (χ1v) is 18.0. The molecule has 0 aromatic heterocycles. The second-order valence-corrected chi connectivity index (χ2v) is 14.6. The number of ether oxygens (including phenoxy) is 2. The number of benzene rings is 6. The first-order chi connectivity index (χ1) is 25.2. The molecule has 0 radical (unpaired) electrons. The molecular formula is C47H37FO4. The molecule has 0 saturated heterocycles. The number of halogens is 1. The molecule has 0 bridgehead atoms. The highest BCUT2D eigenvalue weighted by atomic mass is 19.1. The predicted octanol–water partition coefficient (Wildman–Crippen LogP) is 10.9. The van der Waals surface area contributed by atoms with E-state index in [1.54, 1.807) is 24.3 Å². The van der Waals surface area contributed by atoms with Gasteiger partial charge in [-0.2, -0.15) is 0 Å². The lowest BCUT2D eigenvalue weighted by molar-refractivity contribution is 0.0979. The molecule has 1 aliphatic heterocycles. The van der Waals surface area contributed by atoms with Crippen LogP contribution in [0.1, 0.15) is 98.8 Å². The maximum absolute atomic E-state index is 14.5. The third-order valence-electron chi connectivity index (χ3n) is 11.2. The van der Waals surface area contributed by atoms with Gasteiger partial charge in [0, 0.05) is 49.7 Å². The zero-order valence-electron chi connectivity index (χ0n) is 29.6. The van der Waals surface area contributed by atoms with Crippen LogP contribution in [0, 0.1) is 12.7 Å². The minimum Gasteiger partial charge on any atom is -0.494 e. The predicted molar refractivity (Wildman–Crippen MR) is 203 cm³/mol. The molecular weight excluding hydrogens is 648 g/mol. The zero-order valence-corrected chi connectivity index (χ0v) is 29.6. The molecule has 6 aromatic rings. The number of aryl methyl sites for hydroxylation is 1. The van der Waals surface area contributed by atoms with Crippen LogP contribution < -0.4 is 9.47 Å². The monoisotopic (exact) mass is 684 g/mol. The van der Waals surface area contributed by atoms with Gasteiger partial charge in [0.15, 0.2) is 17.2 Å². The van der Waals surface area contributed by atoms with Crippen LogP contribution in [0.3, 0.4) is 0 Å². The van der Waals surface area contributed by atoms with Crippen LogP contribution in [0.4, 0.5) is 4.39 Å². The van der Waals surface area contributed by atoms with Crippen LogP contribution in [-0.2, 0) is 11.0 Å². The molecule has 0 fully saturated rings. The van der Waals surface area contributed by atoms with Crippen molar-refractivity contribution in [3.63, 3.8) is 0 Å². The van der Waals surface area contributed by atoms with Crippen LogP contribution in [0.25, 0.3) is 28.0 Å². The van der Waals surface area contributed by atoms with Crippen molar-refractivity contribution in [2.45, 2.75) is 51.6 Å². The number of ketones is 2. The Morgan fingerprint density at radius 3 is 2.02 bits per heavy atom. The molecule has 3 aliphatic rings. The number of rotatable bonds is 6. The summed E-state index contributed by atoms with van der Waals surface area (Å²) in [4.78, 5) is 28.6. The van der Waals surface area contributed by atoms with Gasteiger partial charge in [0.1, 0.15) is 17.3 Å². The van der Waals surface area contributed by atoms with Gasteiger partial charge in [-0.3, -0.25) is 9.59 Å². The van der Waals surface area contributed by atoms with Crippen molar-refractivity contribution < 1.29 is 23.5 Å². The molecule has 2 aliphatic carbocycles. The summed E-state index contributed by atoms with van der Waals surface area (Å²) in [6.07, 6.45) is 6.22. The minimum absolute atomic E-state index is 0.117. The SMILES string of the molecule is CCCCOc1ccc(C2(c3ccc(F)cc3)C=Cc3c4c(c5ccccc5c3O2)-c2c(cc(C)c3c2C(=O)c2ccccc2C3=O)C4(C)C)cc1. The van der Waals surface area contributed by atoms with Gasteiger partial charge < -0.3 is 9.47 Å². The summed E-state index contributed by atoms with van der Waals surface area (Å²) < 4.78 is 27.7. The van der Waals surface area contributed by atoms with Crippen molar-refractivity contribution in [3.8, 4) is 22.6 Å². The Hall–Kier alpha value is -5.81.